The van der Waals surface area contributed by atoms with E-state index in [4.69, 9.17) is 18.9 Å². The molecule has 0 bridgehead atoms. The van der Waals surface area contributed by atoms with E-state index in [2.05, 4.69) is 4.74 Å². The van der Waals surface area contributed by atoms with Gasteiger partial charge in [-0.2, -0.15) is 0 Å². The smallest absolute Gasteiger partial charge is 0.370 e. The third kappa shape index (κ3) is 4.39. The molecule has 4 atom stereocenters. The van der Waals surface area contributed by atoms with Crippen molar-refractivity contribution in [1.29, 1.82) is 0 Å². The Morgan fingerprint density at radius 3 is 1.96 bits per heavy atom. The summed E-state index contributed by atoms with van der Waals surface area (Å²) in [4.78, 5) is 45.5. The van der Waals surface area contributed by atoms with Gasteiger partial charge in [0.15, 0.2) is 12.2 Å². The maximum atomic E-state index is 11.8. The molecule has 1 saturated heterocycles. The van der Waals surface area contributed by atoms with Crippen molar-refractivity contribution in [3.8, 4) is 0 Å². The summed E-state index contributed by atoms with van der Waals surface area (Å²) in [6.45, 7) is 2.69. The molecule has 0 amide bonds. The third-order valence-electron chi connectivity index (χ3n) is 2.91. The fourth-order valence-corrected chi connectivity index (χ4v) is 2.09. The zero-order chi connectivity index (χ0) is 17.8. The second-order valence-electron chi connectivity index (χ2n) is 4.75. The molecule has 10 nitrogen and oxygen atoms in total. The van der Waals surface area contributed by atoms with Gasteiger partial charge in [0.25, 0.3) is 0 Å². The van der Waals surface area contributed by atoms with Crippen molar-refractivity contribution in [2.45, 2.75) is 44.9 Å². The first-order valence-electron chi connectivity index (χ1n) is 6.58. The van der Waals surface area contributed by atoms with Crippen LogP contribution in [0.25, 0.3) is 0 Å². The lowest BCUT2D eigenvalue weighted by atomic mass is 9.96. The van der Waals surface area contributed by atoms with E-state index in [0.717, 1.165) is 27.9 Å². The molecule has 0 aromatic carbocycles. The molecule has 23 heavy (non-hydrogen) atoms. The van der Waals surface area contributed by atoms with E-state index in [0.29, 0.717) is 0 Å². The van der Waals surface area contributed by atoms with E-state index in [-0.39, 0.29) is 0 Å². The van der Waals surface area contributed by atoms with Crippen molar-refractivity contribution >= 4 is 23.9 Å². The molecule has 1 N–H and O–H groups in total. The van der Waals surface area contributed by atoms with Crippen LogP contribution >= 0.6 is 0 Å². The van der Waals surface area contributed by atoms with Gasteiger partial charge in [0.2, 0.25) is 6.10 Å². The van der Waals surface area contributed by atoms with Crippen LogP contribution in [0.15, 0.2) is 0 Å². The Morgan fingerprint density at radius 1 is 1.00 bits per heavy atom. The number of aliphatic hydroxyl groups is 1. The standard InChI is InChI=1S/C13H18O10/c1-6(14)21-9-5-20-13(18,12(17)19-4)11(23-8(3)16)10(9)22-7(2)15/h9-11,18H,5H2,1-4H3/t9-,10-,11+,13+/m1/s1. The van der Waals surface area contributed by atoms with Gasteiger partial charge in [0, 0.05) is 20.8 Å². The van der Waals surface area contributed by atoms with E-state index < -0.39 is 54.6 Å². The number of rotatable bonds is 4. The molecule has 0 radical (unpaired) electrons. The Bertz CT molecular complexity index is 501. The SMILES string of the molecule is COC(=O)[C@@]1(O)OC[C@@H](OC(C)=O)[C@@H](OC(C)=O)[C@@H]1OC(C)=O. The van der Waals surface area contributed by atoms with E-state index in [9.17, 15) is 24.3 Å². The quantitative estimate of drug-likeness (QED) is 0.487. The number of carbonyl (C=O) groups excluding carboxylic acids is 4. The number of hydrogen-bond acceptors (Lipinski definition) is 10. The minimum absolute atomic E-state index is 0.485. The van der Waals surface area contributed by atoms with Gasteiger partial charge in [-0.25, -0.2) is 4.79 Å². The number of methoxy groups -OCH3 is 1. The maximum Gasteiger partial charge on any atom is 0.370 e. The zero-order valence-electron chi connectivity index (χ0n) is 13.1. The van der Waals surface area contributed by atoms with Crippen LogP contribution in [-0.2, 0) is 42.9 Å². The monoisotopic (exact) mass is 334 g/mol. The summed E-state index contributed by atoms with van der Waals surface area (Å²) in [5, 5.41) is 10.4. The average molecular weight is 334 g/mol. The zero-order valence-corrected chi connectivity index (χ0v) is 13.1. The third-order valence-corrected chi connectivity index (χ3v) is 2.91. The van der Waals surface area contributed by atoms with Crippen molar-refractivity contribution < 1.29 is 48.0 Å². The Hall–Kier alpha value is -2.20. The number of ether oxygens (including phenoxy) is 5. The summed E-state index contributed by atoms with van der Waals surface area (Å²) < 4.78 is 24.2. The van der Waals surface area contributed by atoms with E-state index >= 15 is 0 Å². The molecule has 1 aliphatic heterocycles. The largest absolute Gasteiger partial charge is 0.465 e. The van der Waals surface area contributed by atoms with Gasteiger partial charge in [0.1, 0.15) is 0 Å². The molecule has 0 aromatic heterocycles. The highest BCUT2D eigenvalue weighted by Gasteiger charge is 2.60. The van der Waals surface area contributed by atoms with Crippen LogP contribution < -0.4 is 0 Å². The van der Waals surface area contributed by atoms with Gasteiger partial charge in [-0.3, -0.25) is 14.4 Å². The summed E-state index contributed by atoms with van der Waals surface area (Å²) >= 11 is 0. The highest BCUT2D eigenvalue weighted by Crippen LogP contribution is 2.31. The van der Waals surface area contributed by atoms with Gasteiger partial charge in [-0.1, -0.05) is 0 Å². The van der Waals surface area contributed by atoms with Crippen molar-refractivity contribution in [2.24, 2.45) is 0 Å². The van der Waals surface area contributed by atoms with E-state index in [1.165, 1.54) is 0 Å². The van der Waals surface area contributed by atoms with Crippen molar-refractivity contribution in [1.82, 2.24) is 0 Å². The van der Waals surface area contributed by atoms with Gasteiger partial charge >= 0.3 is 29.7 Å². The predicted molar refractivity (Wildman–Crippen MR) is 69.6 cm³/mol. The van der Waals surface area contributed by atoms with Crippen LogP contribution in [0.4, 0.5) is 0 Å². The van der Waals surface area contributed by atoms with Gasteiger partial charge in [-0.15, -0.1) is 0 Å². The second kappa shape index (κ2) is 7.38. The molecule has 1 fully saturated rings. The van der Waals surface area contributed by atoms with Crippen LogP contribution in [0.1, 0.15) is 20.8 Å². The van der Waals surface area contributed by atoms with Crippen molar-refractivity contribution in [3.05, 3.63) is 0 Å². The average Bonchev–Trinajstić information content (AvgIpc) is 2.43. The molecule has 0 aromatic rings. The van der Waals surface area contributed by atoms with Gasteiger partial charge in [0.05, 0.1) is 13.7 Å². The van der Waals surface area contributed by atoms with E-state index in [1.54, 1.807) is 0 Å². The topological polar surface area (TPSA) is 135 Å². The van der Waals surface area contributed by atoms with Crippen LogP contribution in [0.2, 0.25) is 0 Å². The lowest BCUT2D eigenvalue weighted by molar-refractivity contribution is -0.317. The summed E-state index contributed by atoms with van der Waals surface area (Å²) in [6, 6.07) is 0. The summed E-state index contributed by atoms with van der Waals surface area (Å²) in [6.07, 6.45) is -4.43. The Morgan fingerprint density at radius 2 is 1.52 bits per heavy atom. The molecule has 0 saturated carbocycles. The molecular formula is C13H18O10. The fraction of sp³-hybridized carbons (Fsp3) is 0.692. The molecule has 0 unspecified atom stereocenters. The normalized spacial score (nSPS) is 30.0. The molecule has 10 heteroatoms. The van der Waals surface area contributed by atoms with E-state index in [1.807, 2.05) is 0 Å². The summed E-state index contributed by atoms with van der Waals surface area (Å²) in [5.74, 6) is -6.39. The van der Waals surface area contributed by atoms with Crippen LogP contribution in [0, 0.1) is 0 Å². The minimum atomic E-state index is -2.71. The molecule has 0 aliphatic carbocycles. The first kappa shape index (κ1) is 18.8. The molecule has 1 rings (SSSR count). The predicted octanol–water partition coefficient (Wildman–Crippen LogP) is -1.33. The highest BCUT2D eigenvalue weighted by atomic mass is 16.7. The molecule has 130 valence electrons. The van der Waals surface area contributed by atoms with Crippen LogP contribution in [-0.4, -0.2) is 66.8 Å². The maximum absolute atomic E-state index is 11.8. The first-order valence-corrected chi connectivity index (χ1v) is 6.58. The first-order chi connectivity index (χ1) is 10.6. The molecule has 1 heterocycles. The Kier molecular flexibility index (Phi) is 6.05. The van der Waals surface area contributed by atoms with Crippen LogP contribution in [0.3, 0.4) is 0 Å². The lowest BCUT2D eigenvalue weighted by Gasteiger charge is -2.43. The fourth-order valence-electron chi connectivity index (χ4n) is 2.09. The lowest BCUT2D eigenvalue weighted by Crippen LogP contribution is -2.67. The number of esters is 4. The summed E-state index contributed by atoms with van der Waals surface area (Å²) in [5.41, 5.74) is 0. The van der Waals surface area contributed by atoms with Gasteiger partial charge < -0.3 is 28.8 Å². The minimum Gasteiger partial charge on any atom is -0.465 e. The summed E-state index contributed by atoms with van der Waals surface area (Å²) in [7, 11) is 0.980. The number of hydrogen-bond donors (Lipinski definition) is 1. The van der Waals surface area contributed by atoms with Crippen molar-refractivity contribution in [2.75, 3.05) is 13.7 Å². The number of carbonyl (C=O) groups is 4. The van der Waals surface area contributed by atoms with Gasteiger partial charge in [-0.05, 0) is 0 Å². The molecular weight excluding hydrogens is 316 g/mol. The highest BCUT2D eigenvalue weighted by molar-refractivity contribution is 5.79. The molecule has 0 spiro atoms. The second-order valence-corrected chi connectivity index (χ2v) is 4.75. The molecule has 1 aliphatic rings. The van der Waals surface area contributed by atoms with Crippen LogP contribution in [0.5, 0.6) is 0 Å². The Labute approximate surface area is 131 Å². The van der Waals surface area contributed by atoms with Crippen molar-refractivity contribution in [3.63, 3.8) is 0 Å². The Balaban J connectivity index is 3.24.